The number of ether oxygens (including phenoxy) is 1. The summed E-state index contributed by atoms with van der Waals surface area (Å²) in [5, 5.41) is 0.779. The second kappa shape index (κ2) is 7.62. The highest BCUT2D eigenvalue weighted by Gasteiger charge is 2.17. The van der Waals surface area contributed by atoms with Crippen molar-refractivity contribution in [3.63, 3.8) is 0 Å². The van der Waals surface area contributed by atoms with Crippen molar-refractivity contribution in [3.8, 4) is 0 Å². The molecule has 1 fully saturated rings. The molecule has 1 heterocycles. The fourth-order valence-electron chi connectivity index (χ4n) is 2.37. The lowest BCUT2D eigenvalue weighted by Crippen LogP contribution is -2.46. The molecule has 0 spiro atoms. The number of hydrogen-bond donors (Lipinski definition) is 0. The summed E-state index contributed by atoms with van der Waals surface area (Å²) in [7, 11) is 1.44. The Kier molecular flexibility index (Phi) is 5.83. The maximum absolute atomic E-state index is 11.1. The first-order valence-electron chi connectivity index (χ1n) is 6.93. The van der Waals surface area contributed by atoms with E-state index in [1.807, 2.05) is 12.1 Å². The summed E-state index contributed by atoms with van der Waals surface area (Å²) in [6.07, 6.45) is 0.480. The highest BCUT2D eigenvalue weighted by Crippen LogP contribution is 2.13. The third kappa shape index (κ3) is 4.78. The van der Waals surface area contributed by atoms with E-state index in [4.69, 9.17) is 11.6 Å². The van der Waals surface area contributed by atoms with Gasteiger partial charge in [-0.05, 0) is 17.7 Å². The molecule has 4 nitrogen and oxygen atoms in total. The zero-order valence-corrected chi connectivity index (χ0v) is 12.6. The van der Waals surface area contributed by atoms with Gasteiger partial charge in [-0.2, -0.15) is 0 Å². The van der Waals surface area contributed by atoms with Crippen LogP contribution in [0.3, 0.4) is 0 Å². The number of benzene rings is 1. The molecule has 0 N–H and O–H groups in total. The zero-order valence-electron chi connectivity index (χ0n) is 11.8. The van der Waals surface area contributed by atoms with Crippen LogP contribution in [0.15, 0.2) is 24.3 Å². The van der Waals surface area contributed by atoms with E-state index in [-0.39, 0.29) is 5.97 Å². The van der Waals surface area contributed by atoms with Gasteiger partial charge in [-0.1, -0.05) is 23.7 Å². The number of halogens is 1. The number of methoxy groups -OCH3 is 1. The van der Waals surface area contributed by atoms with Crippen molar-refractivity contribution in [2.75, 3.05) is 39.8 Å². The molecule has 0 radical (unpaired) electrons. The van der Waals surface area contributed by atoms with Gasteiger partial charge >= 0.3 is 5.97 Å². The number of esters is 1. The van der Waals surface area contributed by atoms with Gasteiger partial charge in [0.1, 0.15) is 0 Å². The SMILES string of the molecule is COC(=O)CCN1CCN(Cc2ccc(Cl)cc2)CC1. The van der Waals surface area contributed by atoms with Crippen LogP contribution in [-0.4, -0.2) is 55.6 Å². The normalized spacial score (nSPS) is 17.1. The topological polar surface area (TPSA) is 32.8 Å². The number of hydrogen-bond acceptors (Lipinski definition) is 4. The first-order valence-corrected chi connectivity index (χ1v) is 7.31. The second-order valence-corrected chi connectivity index (χ2v) is 5.51. The van der Waals surface area contributed by atoms with Crippen LogP contribution in [0.25, 0.3) is 0 Å². The first kappa shape index (κ1) is 15.3. The Balaban J connectivity index is 1.71. The highest BCUT2D eigenvalue weighted by atomic mass is 35.5. The average Bonchev–Trinajstić information content (AvgIpc) is 2.48. The van der Waals surface area contributed by atoms with Gasteiger partial charge in [-0.15, -0.1) is 0 Å². The molecule has 0 saturated carbocycles. The van der Waals surface area contributed by atoms with Crippen molar-refractivity contribution in [1.82, 2.24) is 9.80 Å². The van der Waals surface area contributed by atoms with E-state index >= 15 is 0 Å². The summed E-state index contributed by atoms with van der Waals surface area (Å²) in [5.74, 6) is -0.131. The second-order valence-electron chi connectivity index (χ2n) is 5.07. The standard InChI is InChI=1S/C15H21ClN2O2/c1-20-15(19)6-7-17-8-10-18(11-9-17)12-13-2-4-14(16)5-3-13/h2-5H,6-12H2,1H3. The largest absolute Gasteiger partial charge is 0.469 e. The zero-order chi connectivity index (χ0) is 14.4. The molecule has 0 unspecified atom stereocenters. The molecule has 1 aromatic carbocycles. The minimum Gasteiger partial charge on any atom is -0.469 e. The van der Waals surface area contributed by atoms with Crippen LogP contribution in [0, 0.1) is 0 Å². The Bertz CT molecular complexity index is 428. The van der Waals surface area contributed by atoms with Crippen molar-refractivity contribution in [1.29, 1.82) is 0 Å². The van der Waals surface area contributed by atoms with Gasteiger partial charge in [0.05, 0.1) is 13.5 Å². The van der Waals surface area contributed by atoms with Gasteiger partial charge in [0.2, 0.25) is 0 Å². The molecule has 110 valence electrons. The van der Waals surface area contributed by atoms with Gasteiger partial charge in [-0.25, -0.2) is 0 Å². The molecule has 0 aromatic heterocycles. The molecular formula is C15H21ClN2O2. The molecule has 5 heteroatoms. The lowest BCUT2D eigenvalue weighted by Gasteiger charge is -2.34. The van der Waals surface area contributed by atoms with E-state index in [1.165, 1.54) is 12.7 Å². The Hall–Kier alpha value is -1.10. The number of nitrogens with zero attached hydrogens (tertiary/aromatic N) is 2. The molecule has 0 amide bonds. The van der Waals surface area contributed by atoms with Crippen LogP contribution < -0.4 is 0 Å². The van der Waals surface area contributed by atoms with Crippen LogP contribution in [0.1, 0.15) is 12.0 Å². The Labute approximate surface area is 125 Å². The molecule has 0 atom stereocenters. The quantitative estimate of drug-likeness (QED) is 0.778. The third-order valence-electron chi connectivity index (χ3n) is 3.64. The lowest BCUT2D eigenvalue weighted by atomic mass is 10.2. The Morgan fingerprint density at radius 2 is 1.75 bits per heavy atom. The molecule has 1 aliphatic rings. The van der Waals surface area contributed by atoms with Crippen LogP contribution in [0.2, 0.25) is 5.02 Å². The fraction of sp³-hybridized carbons (Fsp3) is 0.533. The maximum Gasteiger partial charge on any atom is 0.306 e. The van der Waals surface area contributed by atoms with Gasteiger partial charge in [0, 0.05) is 44.3 Å². The Morgan fingerprint density at radius 1 is 1.15 bits per heavy atom. The van der Waals surface area contributed by atoms with E-state index in [9.17, 15) is 4.79 Å². The highest BCUT2D eigenvalue weighted by molar-refractivity contribution is 6.30. The van der Waals surface area contributed by atoms with E-state index in [1.54, 1.807) is 0 Å². The van der Waals surface area contributed by atoms with Gasteiger partial charge in [0.25, 0.3) is 0 Å². The van der Waals surface area contributed by atoms with E-state index in [0.29, 0.717) is 6.42 Å². The summed E-state index contributed by atoms with van der Waals surface area (Å²) in [4.78, 5) is 15.9. The van der Waals surface area contributed by atoms with Crippen LogP contribution in [0.4, 0.5) is 0 Å². The molecule has 0 bridgehead atoms. The summed E-state index contributed by atoms with van der Waals surface area (Å²) < 4.78 is 4.66. The molecule has 1 aromatic rings. The summed E-state index contributed by atoms with van der Waals surface area (Å²) in [6, 6.07) is 8.02. The number of rotatable bonds is 5. The molecule has 2 rings (SSSR count). The van der Waals surface area contributed by atoms with Gasteiger partial charge < -0.3 is 9.64 Å². The summed E-state index contributed by atoms with van der Waals surface area (Å²) in [6.45, 7) is 5.83. The van der Waals surface area contributed by atoms with E-state index in [2.05, 4.69) is 26.7 Å². The van der Waals surface area contributed by atoms with Crippen molar-refractivity contribution in [3.05, 3.63) is 34.9 Å². The minimum atomic E-state index is -0.131. The summed E-state index contributed by atoms with van der Waals surface area (Å²) >= 11 is 5.89. The minimum absolute atomic E-state index is 0.131. The van der Waals surface area contributed by atoms with Crippen LogP contribution in [-0.2, 0) is 16.1 Å². The van der Waals surface area contributed by atoms with E-state index in [0.717, 1.165) is 44.3 Å². The third-order valence-corrected chi connectivity index (χ3v) is 3.90. The Morgan fingerprint density at radius 3 is 2.35 bits per heavy atom. The van der Waals surface area contributed by atoms with Crippen LogP contribution >= 0.6 is 11.6 Å². The predicted octanol–water partition coefficient (Wildman–Crippen LogP) is 2.02. The molecule has 1 saturated heterocycles. The number of piperazine rings is 1. The van der Waals surface area contributed by atoms with Crippen molar-refractivity contribution >= 4 is 17.6 Å². The first-order chi connectivity index (χ1) is 9.67. The van der Waals surface area contributed by atoms with Crippen molar-refractivity contribution in [2.24, 2.45) is 0 Å². The smallest absolute Gasteiger partial charge is 0.306 e. The molecular weight excluding hydrogens is 276 g/mol. The number of carbonyl (C=O) groups excluding carboxylic acids is 1. The lowest BCUT2D eigenvalue weighted by molar-refractivity contribution is -0.141. The number of carbonyl (C=O) groups is 1. The maximum atomic E-state index is 11.1. The van der Waals surface area contributed by atoms with Crippen LogP contribution in [0.5, 0.6) is 0 Å². The molecule has 0 aliphatic carbocycles. The van der Waals surface area contributed by atoms with Crippen molar-refractivity contribution in [2.45, 2.75) is 13.0 Å². The monoisotopic (exact) mass is 296 g/mol. The molecule has 1 aliphatic heterocycles. The van der Waals surface area contributed by atoms with Crippen molar-refractivity contribution < 1.29 is 9.53 Å². The fourth-order valence-corrected chi connectivity index (χ4v) is 2.50. The predicted molar refractivity (Wildman–Crippen MR) is 79.8 cm³/mol. The molecule has 20 heavy (non-hydrogen) atoms. The van der Waals surface area contributed by atoms with Gasteiger partial charge in [0.15, 0.2) is 0 Å². The van der Waals surface area contributed by atoms with E-state index < -0.39 is 0 Å². The van der Waals surface area contributed by atoms with Gasteiger partial charge in [-0.3, -0.25) is 9.69 Å². The average molecular weight is 297 g/mol. The summed E-state index contributed by atoms with van der Waals surface area (Å²) in [5.41, 5.74) is 1.29.